The molecule has 1 atom stereocenters. The number of benzene rings is 2. The Morgan fingerprint density at radius 2 is 2.00 bits per heavy atom. The Balaban J connectivity index is 0.00000280. The van der Waals surface area contributed by atoms with Gasteiger partial charge in [-0.25, -0.2) is 14.2 Å². The van der Waals surface area contributed by atoms with Gasteiger partial charge in [0.25, 0.3) is 0 Å². The molecular formula is C19H17FKN3O4. The number of nitrogens with one attached hydrogen (secondary N) is 2. The molecule has 3 rings (SSSR count). The molecule has 2 aromatic carbocycles. The van der Waals surface area contributed by atoms with Crippen LogP contribution in [-0.2, 0) is 4.79 Å². The normalized spacial score (nSPS) is 11.5. The Labute approximate surface area is 203 Å². The molecule has 140 valence electrons. The second kappa shape index (κ2) is 9.62. The summed E-state index contributed by atoms with van der Waals surface area (Å²) in [6.07, 6.45) is 0.147. The van der Waals surface area contributed by atoms with E-state index < -0.39 is 23.9 Å². The molecule has 0 aliphatic rings. The van der Waals surface area contributed by atoms with Gasteiger partial charge >= 0.3 is 57.4 Å². The summed E-state index contributed by atoms with van der Waals surface area (Å²) in [5.74, 6) is -1.86. The maximum Gasteiger partial charge on any atom is 1.00 e. The molecule has 0 unspecified atom stereocenters. The van der Waals surface area contributed by atoms with E-state index in [-0.39, 0.29) is 69.4 Å². The number of amides is 2. The first-order chi connectivity index (χ1) is 12.9. The summed E-state index contributed by atoms with van der Waals surface area (Å²) in [4.78, 5) is 27.0. The zero-order valence-corrected chi connectivity index (χ0v) is 18.8. The summed E-state index contributed by atoms with van der Waals surface area (Å²) in [7, 11) is 0. The van der Waals surface area contributed by atoms with Gasteiger partial charge in [-0.3, -0.25) is 0 Å². The third-order valence-electron chi connectivity index (χ3n) is 4.01. The molecule has 28 heavy (non-hydrogen) atoms. The second-order valence-corrected chi connectivity index (χ2v) is 6.06. The topological polar surface area (TPSA) is 107 Å². The van der Waals surface area contributed by atoms with Crippen molar-refractivity contribution in [1.82, 2.24) is 10.3 Å². The van der Waals surface area contributed by atoms with E-state index in [4.69, 9.17) is 4.42 Å². The number of carboxylic acids is 1. The molecule has 3 aromatic rings. The SMILES string of the molecule is CC[C@H](NC(=O)Nc1ccc(-c2nc3cc(C)ccc3o2)cc1F)C(=O)[O-].[K+]. The van der Waals surface area contributed by atoms with E-state index in [2.05, 4.69) is 15.6 Å². The standard InChI is InChI=1S/C19H18FN3O4.K/c1-3-13(18(24)25)22-19(26)23-14-6-5-11(9-12(14)20)17-21-15-8-10(2)4-7-16(15)27-17;/h4-9,13H,3H2,1-2H3,(H,24,25)(H2,22,23,26);/q;+1/p-1/t13-;/m0./s1. The van der Waals surface area contributed by atoms with Crippen LogP contribution in [-0.4, -0.2) is 23.0 Å². The van der Waals surface area contributed by atoms with Crippen LogP contribution in [0, 0.1) is 12.7 Å². The minimum absolute atomic E-state index is 0. The fourth-order valence-corrected chi connectivity index (χ4v) is 2.55. The van der Waals surface area contributed by atoms with Crippen LogP contribution >= 0.6 is 0 Å². The van der Waals surface area contributed by atoms with E-state index in [0.717, 1.165) is 5.56 Å². The van der Waals surface area contributed by atoms with Crippen molar-refractivity contribution >= 4 is 28.8 Å². The largest absolute Gasteiger partial charge is 1.00 e. The van der Waals surface area contributed by atoms with Crippen molar-refractivity contribution in [2.75, 3.05) is 5.32 Å². The van der Waals surface area contributed by atoms with Crippen LogP contribution in [0.25, 0.3) is 22.6 Å². The van der Waals surface area contributed by atoms with Crippen LogP contribution in [0.5, 0.6) is 0 Å². The minimum atomic E-state index is -1.41. The molecule has 0 fully saturated rings. The van der Waals surface area contributed by atoms with Gasteiger partial charge < -0.3 is 25.0 Å². The van der Waals surface area contributed by atoms with Crippen LogP contribution in [0.4, 0.5) is 14.9 Å². The molecule has 0 radical (unpaired) electrons. The monoisotopic (exact) mass is 409 g/mol. The van der Waals surface area contributed by atoms with Crippen molar-refractivity contribution < 1.29 is 74.9 Å². The fraction of sp³-hybridized carbons (Fsp3) is 0.211. The number of aliphatic carboxylic acids is 1. The molecule has 0 saturated carbocycles. The smallest absolute Gasteiger partial charge is 0.548 e. The number of fused-ring (bicyclic) bond motifs is 1. The van der Waals surface area contributed by atoms with E-state index in [1.807, 2.05) is 19.1 Å². The Bertz CT molecular complexity index is 1020. The van der Waals surface area contributed by atoms with E-state index in [0.29, 0.717) is 16.7 Å². The first-order valence-electron chi connectivity index (χ1n) is 8.33. The number of halogens is 1. The van der Waals surface area contributed by atoms with Crippen molar-refractivity contribution in [3.8, 4) is 11.5 Å². The molecular weight excluding hydrogens is 392 g/mol. The van der Waals surface area contributed by atoms with Crippen molar-refractivity contribution in [2.45, 2.75) is 26.3 Å². The van der Waals surface area contributed by atoms with Gasteiger partial charge in [0.15, 0.2) is 5.58 Å². The third-order valence-corrected chi connectivity index (χ3v) is 4.01. The number of carboxylic acid groups (broad SMARTS) is 1. The van der Waals surface area contributed by atoms with Crippen molar-refractivity contribution in [1.29, 1.82) is 0 Å². The number of aryl methyl sites for hydroxylation is 1. The van der Waals surface area contributed by atoms with Gasteiger partial charge in [-0.1, -0.05) is 13.0 Å². The van der Waals surface area contributed by atoms with Crippen LogP contribution in [0.3, 0.4) is 0 Å². The number of urea groups is 1. The molecule has 0 saturated heterocycles. The van der Waals surface area contributed by atoms with Crippen LogP contribution in [0.15, 0.2) is 40.8 Å². The number of nitrogens with zero attached hydrogens (tertiary/aromatic N) is 1. The summed E-state index contributed by atoms with van der Waals surface area (Å²) in [5, 5.41) is 15.3. The maximum atomic E-state index is 14.4. The predicted molar refractivity (Wildman–Crippen MR) is 95.4 cm³/mol. The van der Waals surface area contributed by atoms with Gasteiger partial charge in [-0.05, 0) is 49.2 Å². The number of hydrogen-bond acceptors (Lipinski definition) is 5. The first kappa shape index (κ1) is 22.5. The van der Waals surface area contributed by atoms with Crippen LogP contribution in [0.1, 0.15) is 18.9 Å². The van der Waals surface area contributed by atoms with Crippen LogP contribution < -0.4 is 67.1 Å². The van der Waals surface area contributed by atoms with E-state index in [9.17, 15) is 19.1 Å². The summed E-state index contributed by atoms with van der Waals surface area (Å²) < 4.78 is 20.0. The van der Waals surface area contributed by atoms with Gasteiger partial charge in [-0.2, -0.15) is 0 Å². The fourth-order valence-electron chi connectivity index (χ4n) is 2.55. The summed E-state index contributed by atoms with van der Waals surface area (Å²) in [6, 6.07) is 7.63. The van der Waals surface area contributed by atoms with Gasteiger partial charge in [-0.15, -0.1) is 0 Å². The molecule has 1 heterocycles. The number of rotatable bonds is 5. The number of carbonyl (C=O) groups excluding carboxylic acids is 2. The number of hydrogen-bond donors (Lipinski definition) is 2. The average molecular weight is 409 g/mol. The number of anilines is 1. The Morgan fingerprint density at radius 1 is 1.25 bits per heavy atom. The van der Waals surface area contributed by atoms with Crippen molar-refractivity contribution in [2.24, 2.45) is 0 Å². The van der Waals surface area contributed by atoms with Gasteiger partial charge in [0.05, 0.1) is 17.7 Å². The maximum absolute atomic E-state index is 14.4. The minimum Gasteiger partial charge on any atom is -0.548 e. The van der Waals surface area contributed by atoms with Gasteiger partial charge in [0, 0.05) is 5.56 Å². The summed E-state index contributed by atoms with van der Waals surface area (Å²) in [5.41, 5.74) is 2.59. The number of aromatic nitrogens is 1. The Morgan fingerprint density at radius 3 is 2.64 bits per heavy atom. The Kier molecular flexibility index (Phi) is 7.73. The number of carbonyl (C=O) groups is 2. The zero-order chi connectivity index (χ0) is 19.6. The molecule has 9 heteroatoms. The molecule has 0 bridgehead atoms. The second-order valence-electron chi connectivity index (χ2n) is 6.06. The van der Waals surface area contributed by atoms with Crippen LogP contribution in [0.2, 0.25) is 0 Å². The summed E-state index contributed by atoms with van der Waals surface area (Å²) >= 11 is 0. The number of oxazole rings is 1. The quantitative estimate of drug-likeness (QED) is 0.558. The molecule has 0 aliphatic carbocycles. The van der Waals surface area contributed by atoms with E-state index >= 15 is 0 Å². The van der Waals surface area contributed by atoms with Crippen molar-refractivity contribution in [3.05, 3.63) is 47.8 Å². The molecule has 7 nitrogen and oxygen atoms in total. The molecule has 0 spiro atoms. The third kappa shape index (κ3) is 5.18. The summed E-state index contributed by atoms with van der Waals surface area (Å²) in [6.45, 7) is 3.51. The molecule has 2 N–H and O–H groups in total. The zero-order valence-electron chi connectivity index (χ0n) is 15.7. The first-order valence-corrected chi connectivity index (χ1v) is 8.33. The molecule has 2 amide bonds. The van der Waals surface area contributed by atoms with Gasteiger partial charge in [0.2, 0.25) is 5.89 Å². The van der Waals surface area contributed by atoms with E-state index in [1.54, 1.807) is 19.1 Å². The molecule has 1 aromatic heterocycles. The predicted octanol–water partition coefficient (Wildman–Crippen LogP) is -0.404. The molecule has 0 aliphatic heterocycles. The van der Waals surface area contributed by atoms with Gasteiger partial charge in [0.1, 0.15) is 11.3 Å². The average Bonchev–Trinajstić information content (AvgIpc) is 3.04. The van der Waals surface area contributed by atoms with Crippen molar-refractivity contribution in [3.63, 3.8) is 0 Å². The van der Waals surface area contributed by atoms with E-state index in [1.165, 1.54) is 12.1 Å². The Hall–Kier alpha value is -1.78.